The first kappa shape index (κ1) is 13.5. The molecular weight excluding hydrogens is 250 g/mol. The minimum atomic E-state index is -0.946. The Morgan fingerprint density at radius 1 is 1.47 bits per heavy atom. The van der Waals surface area contributed by atoms with Gasteiger partial charge in [-0.2, -0.15) is 0 Å². The van der Waals surface area contributed by atoms with Crippen molar-refractivity contribution >= 4 is 11.9 Å². The number of aromatic nitrogens is 3. The third kappa shape index (κ3) is 3.75. The monoisotopic (exact) mass is 267 g/mol. The van der Waals surface area contributed by atoms with Gasteiger partial charge >= 0.3 is 5.97 Å². The number of amides is 1. The first-order chi connectivity index (χ1) is 9.16. The SMILES string of the molecule is O=C(O)CCNC(=O)c1cn(C2CCNCC2)nn1. The van der Waals surface area contributed by atoms with E-state index in [4.69, 9.17) is 5.11 Å². The Hall–Kier alpha value is -1.96. The van der Waals surface area contributed by atoms with Gasteiger partial charge in [-0.25, -0.2) is 4.68 Å². The maximum Gasteiger partial charge on any atom is 0.305 e. The zero-order chi connectivity index (χ0) is 13.7. The van der Waals surface area contributed by atoms with Gasteiger partial charge in [-0.05, 0) is 25.9 Å². The largest absolute Gasteiger partial charge is 0.481 e. The first-order valence-corrected chi connectivity index (χ1v) is 6.29. The van der Waals surface area contributed by atoms with Gasteiger partial charge in [-0.15, -0.1) is 5.10 Å². The summed E-state index contributed by atoms with van der Waals surface area (Å²) in [5, 5.41) is 22.0. The van der Waals surface area contributed by atoms with Crippen molar-refractivity contribution in [2.45, 2.75) is 25.3 Å². The second kappa shape index (κ2) is 6.28. The van der Waals surface area contributed by atoms with Crippen LogP contribution in [0.1, 0.15) is 35.8 Å². The highest BCUT2D eigenvalue weighted by Crippen LogP contribution is 2.16. The molecule has 1 fully saturated rings. The Morgan fingerprint density at radius 2 is 2.21 bits per heavy atom. The second-order valence-electron chi connectivity index (χ2n) is 4.46. The number of carbonyl (C=O) groups is 2. The smallest absolute Gasteiger partial charge is 0.305 e. The van der Waals surface area contributed by atoms with Gasteiger partial charge in [0, 0.05) is 6.54 Å². The number of carboxylic acid groups (broad SMARTS) is 1. The highest BCUT2D eigenvalue weighted by molar-refractivity contribution is 5.92. The van der Waals surface area contributed by atoms with E-state index in [0.29, 0.717) is 0 Å². The van der Waals surface area contributed by atoms with Gasteiger partial charge in [0.15, 0.2) is 5.69 Å². The molecule has 1 aromatic heterocycles. The molecule has 2 rings (SSSR count). The zero-order valence-electron chi connectivity index (χ0n) is 10.5. The summed E-state index contributed by atoms with van der Waals surface area (Å²) in [4.78, 5) is 22.0. The third-order valence-electron chi connectivity index (χ3n) is 3.05. The number of nitrogens with one attached hydrogen (secondary N) is 2. The molecule has 1 aromatic rings. The van der Waals surface area contributed by atoms with Crippen LogP contribution in [-0.4, -0.2) is 51.6 Å². The molecule has 0 saturated carbocycles. The van der Waals surface area contributed by atoms with Gasteiger partial charge < -0.3 is 15.7 Å². The molecule has 104 valence electrons. The van der Waals surface area contributed by atoms with Crippen LogP contribution in [0.4, 0.5) is 0 Å². The number of aliphatic carboxylic acids is 1. The van der Waals surface area contributed by atoms with Crippen molar-refractivity contribution < 1.29 is 14.7 Å². The summed E-state index contributed by atoms with van der Waals surface area (Å²) >= 11 is 0. The Bertz CT molecular complexity index is 453. The molecule has 0 atom stereocenters. The Morgan fingerprint density at radius 3 is 2.89 bits per heavy atom. The van der Waals surface area contributed by atoms with Crippen LogP contribution in [0, 0.1) is 0 Å². The van der Waals surface area contributed by atoms with Gasteiger partial charge in [0.05, 0.1) is 18.7 Å². The molecule has 0 radical (unpaired) electrons. The Labute approximate surface area is 110 Å². The fourth-order valence-corrected chi connectivity index (χ4v) is 2.00. The molecule has 0 aliphatic carbocycles. The fraction of sp³-hybridized carbons (Fsp3) is 0.636. The van der Waals surface area contributed by atoms with E-state index in [1.807, 2.05) is 0 Å². The summed E-state index contributed by atoms with van der Waals surface area (Å²) in [6.45, 7) is 1.96. The highest BCUT2D eigenvalue weighted by atomic mass is 16.4. The van der Waals surface area contributed by atoms with E-state index in [2.05, 4.69) is 20.9 Å². The van der Waals surface area contributed by atoms with Gasteiger partial charge in [0.25, 0.3) is 5.91 Å². The first-order valence-electron chi connectivity index (χ1n) is 6.29. The molecule has 8 heteroatoms. The predicted molar refractivity (Wildman–Crippen MR) is 65.7 cm³/mol. The lowest BCUT2D eigenvalue weighted by Crippen LogP contribution is -2.29. The quantitative estimate of drug-likeness (QED) is 0.657. The van der Waals surface area contributed by atoms with Crippen LogP contribution in [0.3, 0.4) is 0 Å². The molecule has 1 aliphatic rings. The minimum absolute atomic E-state index is 0.0916. The van der Waals surface area contributed by atoms with E-state index in [9.17, 15) is 9.59 Å². The molecule has 0 bridgehead atoms. The van der Waals surface area contributed by atoms with Gasteiger partial charge in [0.2, 0.25) is 0 Å². The lowest BCUT2D eigenvalue weighted by atomic mass is 10.1. The molecule has 0 unspecified atom stereocenters. The number of hydrogen-bond acceptors (Lipinski definition) is 5. The molecule has 0 aromatic carbocycles. The summed E-state index contributed by atoms with van der Waals surface area (Å²) < 4.78 is 1.72. The molecule has 0 spiro atoms. The Balaban J connectivity index is 1.88. The van der Waals surface area contributed by atoms with Crippen molar-refractivity contribution in [3.05, 3.63) is 11.9 Å². The number of piperidine rings is 1. The fourth-order valence-electron chi connectivity index (χ4n) is 2.00. The van der Waals surface area contributed by atoms with E-state index < -0.39 is 5.97 Å². The topological polar surface area (TPSA) is 109 Å². The van der Waals surface area contributed by atoms with Crippen molar-refractivity contribution in [3.63, 3.8) is 0 Å². The number of nitrogens with zero attached hydrogens (tertiary/aromatic N) is 3. The average molecular weight is 267 g/mol. The average Bonchev–Trinajstić information content (AvgIpc) is 2.89. The van der Waals surface area contributed by atoms with Crippen LogP contribution in [0.5, 0.6) is 0 Å². The van der Waals surface area contributed by atoms with Crippen LogP contribution < -0.4 is 10.6 Å². The molecule has 3 N–H and O–H groups in total. The van der Waals surface area contributed by atoms with E-state index >= 15 is 0 Å². The summed E-state index contributed by atoms with van der Waals surface area (Å²) in [6, 6.07) is 0.273. The third-order valence-corrected chi connectivity index (χ3v) is 3.05. The lowest BCUT2D eigenvalue weighted by Gasteiger charge is -2.22. The molecule has 2 heterocycles. The van der Waals surface area contributed by atoms with Crippen molar-refractivity contribution in [2.24, 2.45) is 0 Å². The number of rotatable bonds is 5. The van der Waals surface area contributed by atoms with Crippen LogP contribution in [-0.2, 0) is 4.79 Å². The van der Waals surface area contributed by atoms with Crippen LogP contribution in [0.25, 0.3) is 0 Å². The predicted octanol–water partition coefficient (Wildman–Crippen LogP) is -0.593. The van der Waals surface area contributed by atoms with Crippen molar-refractivity contribution in [1.29, 1.82) is 0 Å². The number of carboxylic acids is 1. The van der Waals surface area contributed by atoms with Gasteiger partial charge in [-0.3, -0.25) is 9.59 Å². The minimum Gasteiger partial charge on any atom is -0.481 e. The van der Waals surface area contributed by atoms with E-state index in [1.54, 1.807) is 10.9 Å². The molecular formula is C11H17N5O3. The second-order valence-corrected chi connectivity index (χ2v) is 4.46. The van der Waals surface area contributed by atoms with E-state index in [1.165, 1.54) is 0 Å². The van der Waals surface area contributed by atoms with Crippen LogP contribution in [0.15, 0.2) is 6.20 Å². The van der Waals surface area contributed by atoms with Crippen LogP contribution in [0.2, 0.25) is 0 Å². The van der Waals surface area contributed by atoms with Crippen molar-refractivity contribution in [1.82, 2.24) is 25.6 Å². The van der Waals surface area contributed by atoms with E-state index in [0.717, 1.165) is 25.9 Å². The molecule has 1 amide bonds. The summed E-state index contributed by atoms with van der Waals surface area (Å²) in [7, 11) is 0. The summed E-state index contributed by atoms with van der Waals surface area (Å²) in [6.07, 6.45) is 3.44. The normalized spacial score (nSPS) is 16.2. The van der Waals surface area contributed by atoms with E-state index in [-0.39, 0.29) is 30.6 Å². The number of carbonyl (C=O) groups excluding carboxylic acids is 1. The van der Waals surface area contributed by atoms with Crippen molar-refractivity contribution in [2.75, 3.05) is 19.6 Å². The van der Waals surface area contributed by atoms with Gasteiger partial charge in [0.1, 0.15) is 0 Å². The standard InChI is InChI=1S/C11H17N5O3/c17-10(18)3-6-13-11(19)9-7-16(15-14-9)8-1-4-12-5-2-8/h7-8,12H,1-6H2,(H,13,19)(H,17,18). The maximum absolute atomic E-state index is 11.7. The molecule has 19 heavy (non-hydrogen) atoms. The lowest BCUT2D eigenvalue weighted by molar-refractivity contribution is -0.136. The maximum atomic E-state index is 11.7. The van der Waals surface area contributed by atoms with Gasteiger partial charge in [-0.1, -0.05) is 5.21 Å². The number of hydrogen-bond donors (Lipinski definition) is 3. The summed E-state index contributed by atoms with van der Waals surface area (Å²) in [5.41, 5.74) is 0.226. The highest BCUT2D eigenvalue weighted by Gasteiger charge is 2.18. The zero-order valence-corrected chi connectivity index (χ0v) is 10.5. The molecule has 1 aliphatic heterocycles. The Kier molecular flexibility index (Phi) is 4.45. The molecule has 1 saturated heterocycles. The summed E-state index contributed by atoms with van der Waals surface area (Å²) in [5.74, 6) is -1.33. The molecule has 8 nitrogen and oxygen atoms in total. The van der Waals surface area contributed by atoms with Crippen LogP contribution >= 0.6 is 0 Å². The van der Waals surface area contributed by atoms with Crippen molar-refractivity contribution in [3.8, 4) is 0 Å².